The number of carboxylic acid groups (broad SMARTS) is 1. The van der Waals surface area contributed by atoms with Gasteiger partial charge in [-0.15, -0.1) is 11.3 Å². The van der Waals surface area contributed by atoms with Crippen molar-refractivity contribution in [3.05, 3.63) is 10.4 Å². The second-order valence-corrected chi connectivity index (χ2v) is 5.96. The third-order valence-electron chi connectivity index (χ3n) is 3.23. The van der Waals surface area contributed by atoms with E-state index in [9.17, 15) is 9.90 Å². The van der Waals surface area contributed by atoms with Crippen LogP contribution >= 0.6 is 11.3 Å². The maximum atomic E-state index is 11.5. The molecule has 2 atom stereocenters. The zero-order chi connectivity index (χ0) is 12.6. The van der Waals surface area contributed by atoms with Gasteiger partial charge in [-0.05, 0) is 26.2 Å². The Balaban J connectivity index is 2.48. The predicted molar refractivity (Wildman–Crippen MR) is 65.6 cm³/mol. The third-order valence-corrected chi connectivity index (χ3v) is 4.12. The third kappa shape index (κ3) is 2.29. The summed E-state index contributed by atoms with van der Waals surface area (Å²) in [5, 5.41) is 9.42. The van der Waals surface area contributed by atoms with Crippen molar-refractivity contribution in [2.45, 2.75) is 45.1 Å². The fourth-order valence-electron chi connectivity index (χ4n) is 2.49. The molecule has 4 nitrogen and oxygen atoms in total. The van der Waals surface area contributed by atoms with Gasteiger partial charge in [0, 0.05) is 0 Å². The van der Waals surface area contributed by atoms with Gasteiger partial charge in [0.2, 0.25) is 5.88 Å². The van der Waals surface area contributed by atoms with E-state index in [1.165, 1.54) is 11.3 Å². The summed E-state index contributed by atoms with van der Waals surface area (Å²) in [7, 11) is 0. The molecule has 2 heterocycles. The van der Waals surface area contributed by atoms with Crippen molar-refractivity contribution < 1.29 is 14.6 Å². The number of hydrogen-bond donors (Lipinski definition) is 1. The first kappa shape index (κ1) is 12.4. The summed E-state index contributed by atoms with van der Waals surface area (Å²) in [6.07, 6.45) is 1.57. The lowest BCUT2D eigenvalue weighted by atomic mass is 9.82. The molecule has 0 aliphatic carbocycles. The van der Waals surface area contributed by atoms with Gasteiger partial charge in [-0.3, -0.25) is 4.79 Å². The summed E-state index contributed by atoms with van der Waals surface area (Å²) in [5.74, 6) is -0.652. The van der Waals surface area contributed by atoms with Crippen molar-refractivity contribution in [2.75, 3.05) is 0 Å². The number of rotatable bonds is 2. The number of thiazole rings is 1. The largest absolute Gasteiger partial charge is 0.481 e. The molecule has 0 amide bonds. The van der Waals surface area contributed by atoms with E-state index >= 15 is 0 Å². The maximum Gasteiger partial charge on any atom is 0.312 e. The Kier molecular flexibility index (Phi) is 3.12. The van der Waals surface area contributed by atoms with Crippen LogP contribution < -0.4 is 4.74 Å². The first-order valence-corrected chi connectivity index (χ1v) is 6.68. The molecule has 1 aromatic heterocycles. The average molecular weight is 255 g/mol. The molecule has 0 saturated heterocycles. The first-order valence-electron chi connectivity index (χ1n) is 5.80. The van der Waals surface area contributed by atoms with Crippen LogP contribution in [0.15, 0.2) is 5.51 Å². The molecule has 1 aromatic rings. The van der Waals surface area contributed by atoms with E-state index in [2.05, 4.69) is 4.98 Å². The standard InChI is InChI=1S/C12H17NO3S/c1-4-7-5-12(2,3)16-10-9(17-6-13-10)8(7)11(14)15/h6-8H,4-5H2,1-3H3,(H,14,15). The maximum absolute atomic E-state index is 11.5. The highest BCUT2D eigenvalue weighted by molar-refractivity contribution is 7.10. The molecule has 5 heteroatoms. The summed E-state index contributed by atoms with van der Waals surface area (Å²) < 4.78 is 5.83. The van der Waals surface area contributed by atoms with Crippen molar-refractivity contribution in [2.24, 2.45) is 5.92 Å². The van der Waals surface area contributed by atoms with Crippen molar-refractivity contribution in [1.82, 2.24) is 4.98 Å². The van der Waals surface area contributed by atoms with E-state index < -0.39 is 11.9 Å². The molecule has 0 saturated carbocycles. The van der Waals surface area contributed by atoms with Gasteiger partial charge in [0.05, 0.1) is 16.3 Å². The van der Waals surface area contributed by atoms with Crippen LogP contribution in [-0.4, -0.2) is 21.7 Å². The van der Waals surface area contributed by atoms with Gasteiger partial charge >= 0.3 is 5.97 Å². The number of carboxylic acids is 1. The fourth-order valence-corrected chi connectivity index (χ4v) is 3.39. The first-order chi connectivity index (χ1) is 7.94. The molecular formula is C12H17NO3S. The van der Waals surface area contributed by atoms with E-state index in [4.69, 9.17) is 4.74 Å². The number of carbonyl (C=O) groups is 1. The lowest BCUT2D eigenvalue weighted by Crippen LogP contribution is -2.31. The van der Waals surface area contributed by atoms with Crippen LogP contribution in [0.1, 0.15) is 44.4 Å². The van der Waals surface area contributed by atoms with Crippen LogP contribution in [0.25, 0.3) is 0 Å². The fraction of sp³-hybridized carbons (Fsp3) is 0.667. The average Bonchev–Trinajstić information content (AvgIpc) is 2.59. The number of nitrogens with zero attached hydrogens (tertiary/aromatic N) is 1. The quantitative estimate of drug-likeness (QED) is 0.882. The minimum absolute atomic E-state index is 0.101. The molecule has 2 unspecified atom stereocenters. The van der Waals surface area contributed by atoms with Gasteiger partial charge in [-0.2, -0.15) is 0 Å². The van der Waals surface area contributed by atoms with Crippen molar-refractivity contribution in [3.63, 3.8) is 0 Å². The number of hydrogen-bond acceptors (Lipinski definition) is 4. The normalized spacial score (nSPS) is 26.8. The van der Waals surface area contributed by atoms with E-state index in [1.807, 2.05) is 20.8 Å². The van der Waals surface area contributed by atoms with Crippen LogP contribution in [0, 0.1) is 5.92 Å². The van der Waals surface area contributed by atoms with E-state index in [1.54, 1.807) is 5.51 Å². The molecule has 1 N–H and O–H groups in total. The second-order valence-electron chi connectivity index (χ2n) is 5.07. The Morgan fingerprint density at radius 3 is 3.00 bits per heavy atom. The van der Waals surface area contributed by atoms with Crippen molar-refractivity contribution >= 4 is 17.3 Å². The van der Waals surface area contributed by atoms with Crippen molar-refractivity contribution in [1.29, 1.82) is 0 Å². The summed E-state index contributed by atoms with van der Waals surface area (Å²) in [6, 6.07) is 0. The Morgan fingerprint density at radius 2 is 2.41 bits per heavy atom. The molecular weight excluding hydrogens is 238 g/mol. The number of aromatic nitrogens is 1. The van der Waals surface area contributed by atoms with Crippen molar-refractivity contribution in [3.8, 4) is 5.88 Å². The SMILES string of the molecule is CCC1CC(C)(C)Oc2ncsc2C1C(=O)O. The monoisotopic (exact) mass is 255 g/mol. The number of fused-ring (bicyclic) bond motifs is 1. The highest BCUT2D eigenvalue weighted by Gasteiger charge is 2.41. The Labute approximate surface area is 105 Å². The van der Waals surface area contributed by atoms with Crippen LogP contribution in [0.3, 0.4) is 0 Å². The Bertz CT molecular complexity index is 427. The van der Waals surface area contributed by atoms with Gasteiger partial charge in [0.25, 0.3) is 0 Å². The van der Waals surface area contributed by atoms with E-state index in [0.717, 1.165) is 17.7 Å². The van der Waals surface area contributed by atoms with Gasteiger partial charge in [-0.1, -0.05) is 13.3 Å². The van der Waals surface area contributed by atoms with Crippen LogP contribution in [0.2, 0.25) is 0 Å². The Hall–Kier alpha value is -1.10. The molecule has 0 aromatic carbocycles. The minimum atomic E-state index is -0.774. The minimum Gasteiger partial charge on any atom is -0.481 e. The summed E-state index contributed by atoms with van der Waals surface area (Å²) in [6.45, 7) is 6.01. The van der Waals surface area contributed by atoms with E-state index in [-0.39, 0.29) is 11.5 Å². The van der Waals surface area contributed by atoms with Crippen LogP contribution in [0.5, 0.6) is 5.88 Å². The van der Waals surface area contributed by atoms with E-state index in [0.29, 0.717) is 5.88 Å². The molecule has 94 valence electrons. The molecule has 2 rings (SSSR count). The number of aliphatic carboxylic acids is 1. The highest BCUT2D eigenvalue weighted by Crippen LogP contribution is 2.44. The lowest BCUT2D eigenvalue weighted by Gasteiger charge is -2.27. The number of ether oxygens (including phenoxy) is 1. The molecule has 17 heavy (non-hydrogen) atoms. The second kappa shape index (κ2) is 4.29. The molecule has 0 radical (unpaired) electrons. The summed E-state index contributed by atoms with van der Waals surface area (Å²) in [4.78, 5) is 16.4. The lowest BCUT2D eigenvalue weighted by molar-refractivity contribution is -0.140. The Morgan fingerprint density at radius 1 is 1.71 bits per heavy atom. The summed E-state index contributed by atoms with van der Waals surface area (Å²) in [5.41, 5.74) is 1.31. The predicted octanol–water partition coefficient (Wildman–Crippen LogP) is 2.90. The molecule has 0 fully saturated rings. The van der Waals surface area contributed by atoms with Gasteiger partial charge in [-0.25, -0.2) is 4.98 Å². The molecule has 1 aliphatic rings. The highest BCUT2D eigenvalue weighted by atomic mass is 32.1. The molecule has 0 spiro atoms. The topological polar surface area (TPSA) is 59.4 Å². The summed E-state index contributed by atoms with van der Waals surface area (Å²) >= 11 is 1.38. The molecule has 0 bridgehead atoms. The zero-order valence-electron chi connectivity index (χ0n) is 10.3. The van der Waals surface area contributed by atoms with Gasteiger partial charge in [0.15, 0.2) is 0 Å². The molecule has 1 aliphatic heterocycles. The van der Waals surface area contributed by atoms with Crippen LogP contribution in [0.4, 0.5) is 0 Å². The van der Waals surface area contributed by atoms with Crippen LogP contribution in [-0.2, 0) is 4.79 Å². The zero-order valence-corrected chi connectivity index (χ0v) is 11.1. The smallest absolute Gasteiger partial charge is 0.312 e. The van der Waals surface area contributed by atoms with Gasteiger partial charge < -0.3 is 9.84 Å². The van der Waals surface area contributed by atoms with Gasteiger partial charge in [0.1, 0.15) is 5.60 Å².